The molecule has 0 atom stereocenters. The van der Waals surface area contributed by atoms with Gasteiger partial charge in [-0.05, 0) is 30.3 Å². The molecule has 1 saturated heterocycles. The highest BCUT2D eigenvalue weighted by Gasteiger charge is 2.27. The van der Waals surface area contributed by atoms with Gasteiger partial charge in [0.05, 0.1) is 18.2 Å². The summed E-state index contributed by atoms with van der Waals surface area (Å²) in [6.07, 6.45) is 0. The van der Waals surface area contributed by atoms with Gasteiger partial charge < -0.3 is 14.5 Å². The van der Waals surface area contributed by atoms with E-state index in [0.29, 0.717) is 53.0 Å². The zero-order chi connectivity index (χ0) is 18.7. The summed E-state index contributed by atoms with van der Waals surface area (Å²) in [6.45, 7) is 1.84. The molecule has 0 radical (unpaired) electrons. The Labute approximate surface area is 162 Å². The number of halogens is 1. The number of rotatable bonds is 3. The third kappa shape index (κ3) is 3.81. The molecule has 0 aromatic heterocycles. The van der Waals surface area contributed by atoms with Crippen molar-refractivity contribution in [2.75, 3.05) is 33.3 Å². The molecule has 0 unspecified atom stereocenters. The average Bonchev–Trinajstić information content (AvgIpc) is 2.67. The number of piperazine rings is 1. The first-order valence-electron chi connectivity index (χ1n) is 8.21. The molecule has 3 rings (SSSR count). The molecule has 0 bridgehead atoms. The van der Waals surface area contributed by atoms with Crippen LogP contribution in [-0.4, -0.2) is 54.9 Å². The van der Waals surface area contributed by atoms with Gasteiger partial charge in [0.25, 0.3) is 11.8 Å². The summed E-state index contributed by atoms with van der Waals surface area (Å²) >= 11 is 10.4. The molecule has 26 heavy (non-hydrogen) atoms. The average molecular weight is 391 g/mol. The first-order valence-corrected chi connectivity index (χ1v) is 9.04. The molecule has 5 nitrogen and oxygen atoms in total. The highest BCUT2D eigenvalue weighted by Crippen LogP contribution is 2.25. The molecule has 1 fully saturated rings. The number of hydrogen-bond donors (Lipinski definition) is 1. The van der Waals surface area contributed by atoms with Crippen molar-refractivity contribution in [3.63, 3.8) is 0 Å². The van der Waals surface area contributed by atoms with E-state index in [2.05, 4.69) is 12.6 Å². The molecule has 1 aliphatic heterocycles. The number of amides is 2. The zero-order valence-electron chi connectivity index (χ0n) is 14.3. The van der Waals surface area contributed by atoms with Crippen molar-refractivity contribution >= 4 is 36.0 Å². The standard InChI is InChI=1S/C19H19ClN2O3S/c1-25-16-7-6-13(20)12-15(16)19(24)22-10-8-21(9-11-22)18(23)14-4-2-3-5-17(14)26/h2-7,12,26H,8-11H2,1H3. The van der Waals surface area contributed by atoms with Crippen LogP contribution in [0.25, 0.3) is 0 Å². The van der Waals surface area contributed by atoms with E-state index in [1.165, 1.54) is 7.11 Å². The van der Waals surface area contributed by atoms with E-state index in [1.807, 2.05) is 12.1 Å². The molecule has 2 amide bonds. The van der Waals surface area contributed by atoms with E-state index < -0.39 is 0 Å². The largest absolute Gasteiger partial charge is 0.496 e. The van der Waals surface area contributed by atoms with Crippen molar-refractivity contribution in [1.29, 1.82) is 0 Å². The van der Waals surface area contributed by atoms with Crippen LogP contribution in [0.5, 0.6) is 5.75 Å². The fraction of sp³-hybridized carbons (Fsp3) is 0.263. The summed E-state index contributed by atoms with van der Waals surface area (Å²) in [5.74, 6) is 0.274. The van der Waals surface area contributed by atoms with Gasteiger partial charge in [-0.3, -0.25) is 9.59 Å². The molecule has 1 heterocycles. The Kier molecular flexibility index (Phi) is 5.74. The molecule has 2 aromatic rings. The van der Waals surface area contributed by atoms with Gasteiger partial charge in [0.2, 0.25) is 0 Å². The van der Waals surface area contributed by atoms with Crippen LogP contribution in [0.2, 0.25) is 5.02 Å². The van der Waals surface area contributed by atoms with Crippen LogP contribution in [0.15, 0.2) is 47.4 Å². The van der Waals surface area contributed by atoms with Crippen LogP contribution in [0.1, 0.15) is 20.7 Å². The van der Waals surface area contributed by atoms with Crippen LogP contribution >= 0.6 is 24.2 Å². The van der Waals surface area contributed by atoms with Gasteiger partial charge in [-0.1, -0.05) is 23.7 Å². The van der Waals surface area contributed by atoms with Crippen LogP contribution in [0.3, 0.4) is 0 Å². The summed E-state index contributed by atoms with van der Waals surface area (Å²) in [5, 5.41) is 0.480. The van der Waals surface area contributed by atoms with E-state index in [4.69, 9.17) is 16.3 Å². The molecule has 0 saturated carbocycles. The molecule has 136 valence electrons. The Bertz CT molecular complexity index is 835. The number of nitrogens with zero attached hydrogens (tertiary/aromatic N) is 2. The van der Waals surface area contributed by atoms with Crippen molar-refractivity contribution in [3.8, 4) is 5.75 Å². The van der Waals surface area contributed by atoms with E-state index in [1.54, 1.807) is 40.1 Å². The Morgan fingerprint density at radius 3 is 2.12 bits per heavy atom. The van der Waals surface area contributed by atoms with E-state index in [0.717, 1.165) is 0 Å². The van der Waals surface area contributed by atoms with Crippen molar-refractivity contribution in [2.45, 2.75) is 4.90 Å². The number of ether oxygens (including phenoxy) is 1. The lowest BCUT2D eigenvalue weighted by atomic mass is 10.1. The Balaban J connectivity index is 1.69. The van der Waals surface area contributed by atoms with Gasteiger partial charge in [-0.2, -0.15) is 0 Å². The first-order chi connectivity index (χ1) is 12.5. The molecule has 7 heteroatoms. The minimum absolute atomic E-state index is 0.0666. The van der Waals surface area contributed by atoms with Crippen LogP contribution in [0, 0.1) is 0 Å². The minimum Gasteiger partial charge on any atom is -0.496 e. The van der Waals surface area contributed by atoms with Crippen molar-refractivity contribution in [1.82, 2.24) is 9.80 Å². The normalized spacial score (nSPS) is 14.3. The van der Waals surface area contributed by atoms with E-state index >= 15 is 0 Å². The third-order valence-corrected chi connectivity index (χ3v) is 5.01. The number of thiol groups is 1. The SMILES string of the molecule is COc1ccc(Cl)cc1C(=O)N1CCN(C(=O)c2ccccc2S)CC1. The predicted molar refractivity (Wildman–Crippen MR) is 104 cm³/mol. The monoisotopic (exact) mass is 390 g/mol. The second-order valence-corrected chi connectivity index (χ2v) is 6.86. The molecule has 2 aromatic carbocycles. The Morgan fingerprint density at radius 2 is 1.54 bits per heavy atom. The van der Waals surface area contributed by atoms with Crippen LogP contribution in [0.4, 0.5) is 0 Å². The van der Waals surface area contributed by atoms with Crippen molar-refractivity contribution < 1.29 is 14.3 Å². The Hall–Kier alpha value is -2.18. The van der Waals surface area contributed by atoms with Gasteiger partial charge in [0.1, 0.15) is 5.75 Å². The second-order valence-electron chi connectivity index (χ2n) is 5.95. The highest BCUT2D eigenvalue weighted by atomic mass is 35.5. The van der Waals surface area contributed by atoms with E-state index in [-0.39, 0.29) is 11.8 Å². The van der Waals surface area contributed by atoms with Crippen LogP contribution in [-0.2, 0) is 0 Å². The summed E-state index contributed by atoms with van der Waals surface area (Å²) < 4.78 is 5.26. The van der Waals surface area contributed by atoms with Gasteiger partial charge in [-0.15, -0.1) is 12.6 Å². The smallest absolute Gasteiger partial charge is 0.257 e. The lowest BCUT2D eigenvalue weighted by Crippen LogP contribution is -2.50. The summed E-state index contributed by atoms with van der Waals surface area (Å²) in [6, 6.07) is 12.2. The summed E-state index contributed by atoms with van der Waals surface area (Å²) in [7, 11) is 1.52. The molecule has 0 spiro atoms. The van der Waals surface area contributed by atoms with E-state index in [9.17, 15) is 9.59 Å². The lowest BCUT2D eigenvalue weighted by Gasteiger charge is -2.35. The number of carbonyl (C=O) groups excluding carboxylic acids is 2. The lowest BCUT2D eigenvalue weighted by molar-refractivity contribution is 0.0532. The van der Waals surface area contributed by atoms with Gasteiger partial charge >= 0.3 is 0 Å². The maximum atomic E-state index is 12.8. The molecule has 0 N–H and O–H groups in total. The highest BCUT2D eigenvalue weighted by molar-refractivity contribution is 7.80. The van der Waals surface area contributed by atoms with Gasteiger partial charge in [0.15, 0.2) is 0 Å². The number of methoxy groups -OCH3 is 1. The molecule has 0 aliphatic carbocycles. The number of hydrogen-bond acceptors (Lipinski definition) is 4. The van der Waals surface area contributed by atoms with Gasteiger partial charge in [0, 0.05) is 36.1 Å². The zero-order valence-corrected chi connectivity index (χ0v) is 16.0. The topological polar surface area (TPSA) is 49.9 Å². The molecule has 1 aliphatic rings. The molecular formula is C19H19ClN2O3S. The fourth-order valence-electron chi connectivity index (χ4n) is 2.96. The van der Waals surface area contributed by atoms with Gasteiger partial charge in [-0.25, -0.2) is 0 Å². The second kappa shape index (κ2) is 8.01. The maximum Gasteiger partial charge on any atom is 0.257 e. The fourth-order valence-corrected chi connectivity index (χ4v) is 3.38. The first kappa shape index (κ1) is 18.6. The number of benzene rings is 2. The minimum atomic E-state index is -0.147. The third-order valence-electron chi connectivity index (χ3n) is 4.38. The summed E-state index contributed by atoms with van der Waals surface area (Å²) in [4.78, 5) is 29.6. The predicted octanol–water partition coefficient (Wildman–Crippen LogP) is 3.24. The Morgan fingerprint density at radius 1 is 0.962 bits per heavy atom. The number of carbonyl (C=O) groups is 2. The van der Waals surface area contributed by atoms with Crippen LogP contribution < -0.4 is 4.74 Å². The molecular weight excluding hydrogens is 372 g/mol. The summed E-state index contributed by atoms with van der Waals surface area (Å²) in [5.41, 5.74) is 1.01. The van der Waals surface area contributed by atoms with Crippen molar-refractivity contribution in [3.05, 3.63) is 58.6 Å². The maximum absolute atomic E-state index is 12.8. The van der Waals surface area contributed by atoms with Crippen molar-refractivity contribution in [2.24, 2.45) is 0 Å². The quantitative estimate of drug-likeness (QED) is 0.818.